The standard InChI is InChI=1S/C13H11F2NOS2/c1-8-6-7-18-11(8)12(17)16-9-4-2-3-5-10(9)19-13(14)15/h2-7,13H,1H3,(H,16,17). The summed E-state index contributed by atoms with van der Waals surface area (Å²) in [4.78, 5) is 13.0. The van der Waals surface area contributed by atoms with Crippen LogP contribution in [0.1, 0.15) is 15.2 Å². The summed E-state index contributed by atoms with van der Waals surface area (Å²) in [7, 11) is 0. The predicted octanol–water partition coefficient (Wildman–Crippen LogP) is 4.62. The molecule has 0 unspecified atom stereocenters. The van der Waals surface area contributed by atoms with Crippen molar-refractivity contribution in [2.45, 2.75) is 17.6 Å². The monoisotopic (exact) mass is 299 g/mol. The van der Waals surface area contributed by atoms with Gasteiger partial charge < -0.3 is 5.32 Å². The molecule has 0 saturated carbocycles. The second-order valence-electron chi connectivity index (χ2n) is 3.76. The van der Waals surface area contributed by atoms with Crippen LogP contribution in [-0.2, 0) is 0 Å². The zero-order chi connectivity index (χ0) is 13.8. The van der Waals surface area contributed by atoms with Gasteiger partial charge in [-0.2, -0.15) is 8.78 Å². The number of thiophene rings is 1. The fourth-order valence-corrected chi connectivity index (χ4v) is 2.97. The second-order valence-corrected chi connectivity index (χ2v) is 5.71. The first-order valence-corrected chi connectivity index (χ1v) is 7.23. The van der Waals surface area contributed by atoms with Crippen LogP contribution in [0.15, 0.2) is 40.6 Å². The number of nitrogens with one attached hydrogen (secondary N) is 1. The molecule has 19 heavy (non-hydrogen) atoms. The molecule has 0 bridgehead atoms. The minimum atomic E-state index is -2.51. The first-order valence-electron chi connectivity index (χ1n) is 5.47. The molecule has 0 spiro atoms. The van der Waals surface area contributed by atoms with E-state index >= 15 is 0 Å². The molecule has 2 rings (SSSR count). The molecule has 1 aromatic carbocycles. The molecule has 0 radical (unpaired) electrons. The van der Waals surface area contributed by atoms with E-state index in [1.54, 1.807) is 24.3 Å². The summed E-state index contributed by atoms with van der Waals surface area (Å²) in [6.07, 6.45) is 0. The smallest absolute Gasteiger partial charge is 0.288 e. The number of aryl methyl sites for hydroxylation is 1. The Kier molecular flexibility index (Phi) is 4.55. The van der Waals surface area contributed by atoms with Crippen molar-refractivity contribution in [3.63, 3.8) is 0 Å². The highest BCUT2D eigenvalue weighted by Crippen LogP contribution is 2.32. The van der Waals surface area contributed by atoms with E-state index in [9.17, 15) is 13.6 Å². The van der Waals surface area contributed by atoms with Crippen LogP contribution in [0, 0.1) is 6.92 Å². The van der Waals surface area contributed by atoms with E-state index < -0.39 is 5.76 Å². The zero-order valence-corrected chi connectivity index (χ0v) is 11.7. The zero-order valence-electron chi connectivity index (χ0n) is 10.0. The summed E-state index contributed by atoms with van der Waals surface area (Å²) in [5.74, 6) is -2.78. The van der Waals surface area contributed by atoms with E-state index in [0.717, 1.165) is 5.56 Å². The Bertz CT molecular complexity index is 584. The summed E-state index contributed by atoms with van der Waals surface area (Å²) >= 11 is 1.75. The molecular formula is C13H11F2NOS2. The third-order valence-electron chi connectivity index (χ3n) is 2.42. The second kappa shape index (κ2) is 6.16. The highest BCUT2D eigenvalue weighted by atomic mass is 32.2. The fourth-order valence-electron chi connectivity index (χ4n) is 1.55. The number of benzene rings is 1. The van der Waals surface area contributed by atoms with Crippen LogP contribution in [0.2, 0.25) is 0 Å². The van der Waals surface area contributed by atoms with Crippen LogP contribution >= 0.6 is 23.1 Å². The van der Waals surface area contributed by atoms with Gasteiger partial charge in [0, 0.05) is 4.90 Å². The van der Waals surface area contributed by atoms with Gasteiger partial charge in [0.1, 0.15) is 0 Å². The minimum absolute atomic E-state index is 0.269. The lowest BCUT2D eigenvalue weighted by Crippen LogP contribution is -2.12. The van der Waals surface area contributed by atoms with Gasteiger partial charge >= 0.3 is 0 Å². The van der Waals surface area contributed by atoms with Crippen LogP contribution in [0.5, 0.6) is 0 Å². The Morgan fingerprint density at radius 1 is 1.32 bits per heavy atom. The quantitative estimate of drug-likeness (QED) is 0.834. The lowest BCUT2D eigenvalue weighted by Gasteiger charge is -2.09. The largest absolute Gasteiger partial charge is 0.320 e. The first-order chi connectivity index (χ1) is 9.08. The molecule has 1 amide bonds. The van der Waals surface area contributed by atoms with Gasteiger partial charge in [-0.05, 0) is 36.1 Å². The van der Waals surface area contributed by atoms with Crippen molar-refractivity contribution in [1.29, 1.82) is 0 Å². The highest BCUT2D eigenvalue weighted by molar-refractivity contribution is 7.99. The maximum absolute atomic E-state index is 12.4. The summed E-state index contributed by atoms with van der Waals surface area (Å²) in [6, 6.07) is 8.39. The molecule has 0 atom stereocenters. The van der Waals surface area contributed by atoms with Crippen LogP contribution in [-0.4, -0.2) is 11.7 Å². The van der Waals surface area contributed by atoms with Gasteiger partial charge in [-0.15, -0.1) is 11.3 Å². The molecule has 0 fully saturated rings. The average molecular weight is 299 g/mol. The van der Waals surface area contributed by atoms with Crippen LogP contribution in [0.4, 0.5) is 14.5 Å². The number of rotatable bonds is 4. The number of carbonyl (C=O) groups excluding carboxylic acids is 1. The molecular weight excluding hydrogens is 288 g/mol. The van der Waals surface area contributed by atoms with Crippen molar-refractivity contribution in [3.05, 3.63) is 46.2 Å². The van der Waals surface area contributed by atoms with Gasteiger partial charge in [0.05, 0.1) is 10.6 Å². The molecule has 0 aliphatic rings. The van der Waals surface area contributed by atoms with Crippen molar-refractivity contribution in [3.8, 4) is 0 Å². The summed E-state index contributed by atoms with van der Waals surface area (Å²) in [5.41, 5.74) is 1.28. The van der Waals surface area contributed by atoms with E-state index in [4.69, 9.17) is 0 Å². The van der Waals surface area contributed by atoms with Gasteiger partial charge in [-0.3, -0.25) is 4.79 Å². The van der Waals surface area contributed by atoms with Gasteiger partial charge in [-0.1, -0.05) is 23.9 Å². The Balaban J connectivity index is 2.19. The number of para-hydroxylation sites is 1. The molecule has 0 aliphatic carbocycles. The van der Waals surface area contributed by atoms with Crippen LogP contribution < -0.4 is 5.32 Å². The SMILES string of the molecule is Cc1ccsc1C(=O)Nc1ccccc1SC(F)F. The number of hydrogen-bond donors (Lipinski definition) is 1. The van der Waals surface area contributed by atoms with E-state index in [1.165, 1.54) is 11.3 Å². The normalized spacial score (nSPS) is 10.7. The minimum Gasteiger partial charge on any atom is -0.320 e. The number of thioether (sulfide) groups is 1. The molecule has 100 valence electrons. The molecule has 1 N–H and O–H groups in total. The number of halogens is 2. The number of alkyl halides is 2. The molecule has 1 aromatic heterocycles. The highest BCUT2D eigenvalue weighted by Gasteiger charge is 2.14. The first kappa shape index (κ1) is 14.0. The predicted molar refractivity (Wildman–Crippen MR) is 75.3 cm³/mol. The Hall–Kier alpha value is -1.40. The van der Waals surface area contributed by atoms with Crippen molar-refractivity contribution in [2.75, 3.05) is 5.32 Å². The summed E-state index contributed by atoms with van der Waals surface area (Å²) in [6.45, 7) is 1.84. The Labute approximate surface area is 117 Å². The molecule has 2 aromatic rings. The molecule has 1 heterocycles. The lowest BCUT2D eigenvalue weighted by molar-refractivity contribution is 0.102. The van der Waals surface area contributed by atoms with Crippen LogP contribution in [0.3, 0.4) is 0 Å². The maximum Gasteiger partial charge on any atom is 0.288 e. The van der Waals surface area contributed by atoms with E-state index in [0.29, 0.717) is 27.2 Å². The Morgan fingerprint density at radius 2 is 2.05 bits per heavy atom. The van der Waals surface area contributed by atoms with Crippen molar-refractivity contribution < 1.29 is 13.6 Å². The molecule has 6 heteroatoms. The van der Waals surface area contributed by atoms with Gasteiger partial charge in [0.25, 0.3) is 11.7 Å². The van der Waals surface area contributed by atoms with Gasteiger partial charge in [0.15, 0.2) is 0 Å². The van der Waals surface area contributed by atoms with Crippen molar-refractivity contribution in [2.24, 2.45) is 0 Å². The topological polar surface area (TPSA) is 29.1 Å². The average Bonchev–Trinajstić information content (AvgIpc) is 2.77. The number of anilines is 1. The lowest BCUT2D eigenvalue weighted by atomic mass is 10.2. The van der Waals surface area contributed by atoms with E-state index in [-0.39, 0.29) is 5.91 Å². The van der Waals surface area contributed by atoms with Gasteiger partial charge in [-0.25, -0.2) is 0 Å². The Morgan fingerprint density at radius 3 is 2.68 bits per heavy atom. The number of hydrogen-bond acceptors (Lipinski definition) is 3. The summed E-state index contributed by atoms with van der Waals surface area (Å²) < 4.78 is 24.9. The fraction of sp³-hybridized carbons (Fsp3) is 0.154. The van der Waals surface area contributed by atoms with E-state index in [2.05, 4.69) is 5.32 Å². The molecule has 2 nitrogen and oxygen atoms in total. The number of carbonyl (C=O) groups is 1. The maximum atomic E-state index is 12.4. The van der Waals surface area contributed by atoms with Gasteiger partial charge in [0.2, 0.25) is 0 Å². The van der Waals surface area contributed by atoms with E-state index in [1.807, 2.05) is 18.4 Å². The van der Waals surface area contributed by atoms with Crippen molar-refractivity contribution in [1.82, 2.24) is 0 Å². The third kappa shape index (κ3) is 3.54. The van der Waals surface area contributed by atoms with Crippen LogP contribution in [0.25, 0.3) is 0 Å². The number of amides is 1. The molecule has 0 saturated heterocycles. The third-order valence-corrected chi connectivity index (χ3v) is 4.22. The summed E-state index contributed by atoms with van der Waals surface area (Å²) in [5, 5.41) is 4.50. The van der Waals surface area contributed by atoms with Crippen molar-refractivity contribution >= 4 is 34.7 Å². The molecule has 0 aliphatic heterocycles.